The molecule has 0 unspecified atom stereocenters. The minimum absolute atomic E-state index is 0.380. The average Bonchev–Trinajstić information content (AvgIpc) is 1.86. The Bertz CT molecular complexity index is 206. The number of carbonyl (C=O) groups is 3. The number of aliphatic carboxylic acids is 1. The summed E-state index contributed by atoms with van der Waals surface area (Å²) >= 11 is 0. The van der Waals surface area contributed by atoms with Crippen molar-refractivity contribution in [3.63, 3.8) is 0 Å². The van der Waals surface area contributed by atoms with E-state index in [0.29, 0.717) is 0 Å². The van der Waals surface area contributed by atoms with Crippen LogP contribution in [0, 0.1) is 0 Å². The van der Waals surface area contributed by atoms with Crippen molar-refractivity contribution in [1.82, 2.24) is 0 Å². The monoisotopic (exact) mass is 200 g/mol. The lowest BCUT2D eigenvalue weighted by molar-refractivity contribution is -0.192. The third-order valence-electron chi connectivity index (χ3n) is 0.738. The summed E-state index contributed by atoms with van der Waals surface area (Å²) in [5.74, 6) is -3.52. The number of Topliss-reactive ketones (excluding diaryl/α,β-unsaturated/α-hetero) is 2. The highest BCUT2D eigenvalue weighted by Gasteiger charge is 2.38. The molecule has 0 aliphatic heterocycles. The van der Waals surface area contributed by atoms with Crippen LogP contribution >= 0.6 is 0 Å². The van der Waals surface area contributed by atoms with E-state index in [1.165, 1.54) is 13.8 Å². The molecule has 0 amide bonds. The highest BCUT2D eigenvalue weighted by molar-refractivity contribution is 6.35. The van der Waals surface area contributed by atoms with Gasteiger partial charge in [-0.3, -0.25) is 9.59 Å². The minimum Gasteiger partial charge on any atom is -0.475 e. The van der Waals surface area contributed by atoms with E-state index in [9.17, 15) is 22.8 Å². The molecule has 0 rings (SSSR count). The predicted molar refractivity (Wildman–Crippen MR) is 35.1 cm³/mol. The van der Waals surface area contributed by atoms with Crippen molar-refractivity contribution >= 4 is 17.5 Å². The lowest BCUT2D eigenvalue weighted by atomic mass is 10.3. The van der Waals surface area contributed by atoms with Crippen LogP contribution in [0.25, 0.3) is 0 Å². The summed E-state index contributed by atoms with van der Waals surface area (Å²) in [6.45, 7) is 2.50. The molecule has 0 aromatic heterocycles. The van der Waals surface area contributed by atoms with Gasteiger partial charge in [0.05, 0.1) is 0 Å². The molecule has 0 aliphatic rings. The van der Waals surface area contributed by atoms with E-state index in [4.69, 9.17) is 9.90 Å². The summed E-state index contributed by atoms with van der Waals surface area (Å²) in [6.07, 6.45) is -5.08. The van der Waals surface area contributed by atoms with Crippen LogP contribution in [0.15, 0.2) is 0 Å². The van der Waals surface area contributed by atoms with Crippen molar-refractivity contribution in [3.05, 3.63) is 0 Å². The SMILES string of the molecule is CC(=O)C(C)=O.O=C(O)C(F)(F)F. The number of hydrogen-bond donors (Lipinski definition) is 1. The molecule has 0 aromatic rings. The van der Waals surface area contributed by atoms with Gasteiger partial charge >= 0.3 is 12.1 Å². The van der Waals surface area contributed by atoms with E-state index in [1.807, 2.05) is 0 Å². The first-order valence-electron chi connectivity index (χ1n) is 2.90. The van der Waals surface area contributed by atoms with Gasteiger partial charge in [0, 0.05) is 13.8 Å². The summed E-state index contributed by atoms with van der Waals surface area (Å²) < 4.78 is 31.7. The van der Waals surface area contributed by atoms with Gasteiger partial charge in [-0.15, -0.1) is 0 Å². The van der Waals surface area contributed by atoms with E-state index in [2.05, 4.69) is 0 Å². The molecule has 7 heteroatoms. The second-order valence-corrected chi connectivity index (χ2v) is 1.92. The van der Waals surface area contributed by atoms with Gasteiger partial charge in [0.25, 0.3) is 0 Å². The van der Waals surface area contributed by atoms with Crippen molar-refractivity contribution in [3.8, 4) is 0 Å². The van der Waals surface area contributed by atoms with Crippen LogP contribution in [-0.4, -0.2) is 28.8 Å². The fourth-order valence-corrected chi connectivity index (χ4v) is 0. The summed E-state index contributed by atoms with van der Waals surface area (Å²) in [4.78, 5) is 28.5. The normalized spacial score (nSPS) is 9.62. The standard InChI is InChI=1S/C4H6O2.C2HF3O2/c1-3(5)4(2)6;3-2(4,5)1(6)7/h1-2H3;(H,6,7). The molecule has 4 nitrogen and oxygen atoms in total. The Morgan fingerprint density at radius 3 is 1.15 bits per heavy atom. The second-order valence-electron chi connectivity index (χ2n) is 1.92. The summed E-state index contributed by atoms with van der Waals surface area (Å²) in [6, 6.07) is 0. The number of carbonyl (C=O) groups excluding carboxylic acids is 2. The molecule has 13 heavy (non-hydrogen) atoms. The van der Waals surface area contributed by atoms with E-state index in [0.717, 1.165) is 0 Å². The molecular formula is C6H7F3O4. The van der Waals surface area contributed by atoms with Gasteiger partial charge in [-0.1, -0.05) is 0 Å². The summed E-state index contributed by atoms with van der Waals surface area (Å²) in [7, 11) is 0. The number of halogens is 3. The maximum atomic E-state index is 10.6. The van der Waals surface area contributed by atoms with Crippen LogP contribution in [0.2, 0.25) is 0 Å². The van der Waals surface area contributed by atoms with Gasteiger partial charge in [0.15, 0.2) is 11.6 Å². The first kappa shape index (κ1) is 14.1. The number of carboxylic acid groups (broad SMARTS) is 1. The predicted octanol–water partition coefficient (Wildman–Crippen LogP) is 0.798. The van der Waals surface area contributed by atoms with E-state index in [-0.39, 0.29) is 11.6 Å². The Morgan fingerprint density at radius 2 is 1.15 bits per heavy atom. The van der Waals surface area contributed by atoms with Crippen LogP contribution in [-0.2, 0) is 14.4 Å². The molecular weight excluding hydrogens is 193 g/mol. The zero-order valence-corrected chi connectivity index (χ0v) is 6.81. The van der Waals surface area contributed by atoms with E-state index < -0.39 is 12.1 Å². The highest BCUT2D eigenvalue weighted by Crippen LogP contribution is 2.13. The lowest BCUT2D eigenvalue weighted by Crippen LogP contribution is -2.21. The Kier molecular flexibility index (Phi) is 5.75. The van der Waals surface area contributed by atoms with Crippen molar-refractivity contribution in [2.45, 2.75) is 20.0 Å². The summed E-state index contributed by atoms with van der Waals surface area (Å²) in [5, 5.41) is 7.12. The molecule has 0 atom stereocenters. The Morgan fingerprint density at radius 1 is 1.00 bits per heavy atom. The van der Waals surface area contributed by atoms with Gasteiger partial charge in [0.1, 0.15) is 0 Å². The van der Waals surface area contributed by atoms with Crippen LogP contribution in [0.3, 0.4) is 0 Å². The van der Waals surface area contributed by atoms with Crippen LogP contribution in [0.1, 0.15) is 13.8 Å². The van der Waals surface area contributed by atoms with Crippen LogP contribution in [0.4, 0.5) is 13.2 Å². The lowest BCUT2D eigenvalue weighted by Gasteiger charge is -1.93. The van der Waals surface area contributed by atoms with Crippen molar-refractivity contribution < 1.29 is 32.7 Å². The number of alkyl halides is 3. The molecule has 76 valence electrons. The molecule has 0 heterocycles. The topological polar surface area (TPSA) is 71.4 Å². The molecule has 0 spiro atoms. The molecule has 0 aliphatic carbocycles. The van der Waals surface area contributed by atoms with Crippen molar-refractivity contribution in [2.24, 2.45) is 0 Å². The zero-order valence-electron chi connectivity index (χ0n) is 6.81. The van der Waals surface area contributed by atoms with Gasteiger partial charge in [0.2, 0.25) is 0 Å². The molecule has 0 saturated heterocycles. The number of ketones is 2. The maximum Gasteiger partial charge on any atom is 0.490 e. The quantitative estimate of drug-likeness (QED) is 0.635. The number of hydrogen-bond acceptors (Lipinski definition) is 3. The first-order chi connectivity index (χ1) is 5.59. The molecule has 0 saturated carbocycles. The number of rotatable bonds is 1. The van der Waals surface area contributed by atoms with Gasteiger partial charge in [-0.25, -0.2) is 4.79 Å². The van der Waals surface area contributed by atoms with Gasteiger partial charge < -0.3 is 5.11 Å². The van der Waals surface area contributed by atoms with Gasteiger partial charge in [-0.05, 0) is 0 Å². The van der Waals surface area contributed by atoms with Gasteiger partial charge in [-0.2, -0.15) is 13.2 Å². The van der Waals surface area contributed by atoms with E-state index >= 15 is 0 Å². The molecule has 0 aromatic carbocycles. The van der Waals surface area contributed by atoms with Crippen LogP contribution in [0.5, 0.6) is 0 Å². The van der Waals surface area contributed by atoms with E-state index in [1.54, 1.807) is 0 Å². The zero-order chi connectivity index (χ0) is 11.2. The smallest absolute Gasteiger partial charge is 0.475 e. The molecule has 0 radical (unpaired) electrons. The molecule has 0 fully saturated rings. The Labute approximate surface area is 71.3 Å². The fraction of sp³-hybridized carbons (Fsp3) is 0.500. The average molecular weight is 200 g/mol. The fourth-order valence-electron chi connectivity index (χ4n) is 0. The minimum atomic E-state index is -5.08. The van der Waals surface area contributed by atoms with Crippen molar-refractivity contribution in [2.75, 3.05) is 0 Å². The molecule has 0 bridgehead atoms. The third kappa shape index (κ3) is 10.6. The molecule has 1 N–H and O–H groups in total. The Balaban J connectivity index is 0. The first-order valence-corrected chi connectivity index (χ1v) is 2.90. The maximum absolute atomic E-state index is 10.6. The van der Waals surface area contributed by atoms with Crippen molar-refractivity contribution in [1.29, 1.82) is 0 Å². The third-order valence-corrected chi connectivity index (χ3v) is 0.738. The summed E-state index contributed by atoms with van der Waals surface area (Å²) in [5.41, 5.74) is 0. The Hall–Kier alpha value is -1.40. The largest absolute Gasteiger partial charge is 0.490 e. The number of carboxylic acids is 1. The second kappa shape index (κ2) is 5.28. The van der Waals surface area contributed by atoms with Crippen LogP contribution < -0.4 is 0 Å². The highest BCUT2D eigenvalue weighted by atomic mass is 19.4.